The lowest BCUT2D eigenvalue weighted by Gasteiger charge is -2.07. The largest absolute Gasteiger partial charge is 0.353 e. The molecule has 1 aliphatic rings. The lowest BCUT2D eigenvalue weighted by molar-refractivity contribution is -0.121. The van der Waals surface area contributed by atoms with Crippen molar-refractivity contribution in [3.8, 4) is 0 Å². The number of carbonyl (C=O) groups is 1. The third kappa shape index (κ3) is 3.42. The number of amides is 1. The zero-order chi connectivity index (χ0) is 15.5. The molecule has 22 heavy (non-hydrogen) atoms. The van der Waals surface area contributed by atoms with Gasteiger partial charge in [-0.25, -0.2) is 4.39 Å². The van der Waals surface area contributed by atoms with Gasteiger partial charge in [-0.3, -0.25) is 14.8 Å². The second-order valence-electron chi connectivity index (χ2n) is 5.35. The first-order valence-corrected chi connectivity index (χ1v) is 7.51. The fourth-order valence-electron chi connectivity index (χ4n) is 2.52. The quantitative estimate of drug-likeness (QED) is 0.922. The lowest BCUT2D eigenvalue weighted by Crippen LogP contribution is -2.27. The van der Waals surface area contributed by atoms with Gasteiger partial charge in [0.15, 0.2) is 0 Å². The minimum absolute atomic E-state index is 0.0332. The fourth-order valence-corrected chi connectivity index (χ4v) is 2.82. The summed E-state index contributed by atoms with van der Waals surface area (Å²) in [5.41, 5.74) is 1.28. The first-order valence-electron chi connectivity index (χ1n) is 7.13. The molecule has 1 heterocycles. The molecule has 0 spiro atoms. The number of hydrogen-bond acceptors (Lipinski definition) is 3. The Morgan fingerprint density at radius 1 is 1.41 bits per heavy atom. The maximum Gasteiger partial charge on any atom is 0.220 e. The molecule has 1 aromatic heterocycles. The summed E-state index contributed by atoms with van der Waals surface area (Å²) in [6.07, 6.45) is 6.44. The van der Waals surface area contributed by atoms with Crippen LogP contribution in [0.5, 0.6) is 0 Å². The van der Waals surface area contributed by atoms with Crippen LogP contribution in [-0.2, 0) is 11.2 Å². The zero-order valence-electron chi connectivity index (χ0n) is 11.8. The van der Waals surface area contributed by atoms with Crippen molar-refractivity contribution in [3.63, 3.8) is 0 Å². The SMILES string of the molecule is O=C(CCc1cnccn1)N[C@@H]1C[C@H]1c1c(F)cccc1Cl. The summed E-state index contributed by atoms with van der Waals surface area (Å²) in [5, 5.41) is 3.33. The van der Waals surface area contributed by atoms with Gasteiger partial charge in [-0.2, -0.15) is 0 Å². The normalized spacial score (nSPS) is 19.7. The van der Waals surface area contributed by atoms with Crippen LogP contribution in [0.1, 0.15) is 30.0 Å². The third-order valence-electron chi connectivity index (χ3n) is 3.73. The highest BCUT2D eigenvalue weighted by atomic mass is 35.5. The molecule has 0 radical (unpaired) electrons. The number of benzene rings is 1. The summed E-state index contributed by atoms with van der Waals surface area (Å²) in [7, 11) is 0. The van der Waals surface area contributed by atoms with Crippen LogP contribution >= 0.6 is 11.6 Å². The van der Waals surface area contributed by atoms with Crippen LogP contribution < -0.4 is 5.32 Å². The first kappa shape index (κ1) is 14.9. The summed E-state index contributed by atoms with van der Waals surface area (Å²) in [6.45, 7) is 0. The fraction of sp³-hybridized carbons (Fsp3) is 0.312. The number of rotatable bonds is 5. The molecule has 3 rings (SSSR count). The molecule has 1 saturated carbocycles. The van der Waals surface area contributed by atoms with E-state index in [2.05, 4.69) is 15.3 Å². The van der Waals surface area contributed by atoms with Gasteiger partial charge in [0, 0.05) is 47.6 Å². The van der Waals surface area contributed by atoms with E-state index in [0.29, 0.717) is 23.4 Å². The molecular formula is C16H15ClFN3O. The molecule has 2 atom stereocenters. The van der Waals surface area contributed by atoms with E-state index >= 15 is 0 Å². The molecule has 0 aliphatic heterocycles. The van der Waals surface area contributed by atoms with Crippen LogP contribution in [0.2, 0.25) is 5.02 Å². The van der Waals surface area contributed by atoms with Gasteiger partial charge in [0.05, 0.1) is 5.69 Å². The van der Waals surface area contributed by atoms with Crippen molar-refractivity contribution in [2.75, 3.05) is 0 Å². The van der Waals surface area contributed by atoms with Crippen molar-refractivity contribution in [2.24, 2.45) is 0 Å². The van der Waals surface area contributed by atoms with Crippen molar-refractivity contribution in [1.82, 2.24) is 15.3 Å². The third-order valence-corrected chi connectivity index (χ3v) is 4.06. The first-order chi connectivity index (χ1) is 10.6. The summed E-state index contributed by atoms with van der Waals surface area (Å²) < 4.78 is 13.8. The number of carbonyl (C=O) groups excluding carboxylic acids is 1. The van der Waals surface area contributed by atoms with Gasteiger partial charge in [-0.05, 0) is 25.0 Å². The van der Waals surface area contributed by atoms with E-state index in [4.69, 9.17) is 11.6 Å². The number of nitrogens with one attached hydrogen (secondary N) is 1. The Morgan fingerprint density at radius 3 is 3.00 bits per heavy atom. The van der Waals surface area contributed by atoms with Gasteiger partial charge in [-0.1, -0.05) is 17.7 Å². The average molecular weight is 320 g/mol. The van der Waals surface area contributed by atoms with Crippen molar-refractivity contribution in [2.45, 2.75) is 31.2 Å². The summed E-state index contributed by atoms with van der Waals surface area (Å²) >= 11 is 6.04. The van der Waals surface area contributed by atoms with Crippen molar-refractivity contribution >= 4 is 17.5 Å². The molecule has 0 bridgehead atoms. The number of halogens is 2. The van der Waals surface area contributed by atoms with Crippen molar-refractivity contribution in [1.29, 1.82) is 0 Å². The minimum atomic E-state index is -0.311. The Bertz CT molecular complexity index is 660. The predicted molar refractivity (Wildman–Crippen MR) is 81.1 cm³/mol. The molecule has 4 nitrogen and oxygen atoms in total. The molecule has 2 aromatic rings. The number of nitrogens with zero attached hydrogens (tertiary/aromatic N) is 2. The van der Waals surface area contributed by atoms with Crippen LogP contribution in [0, 0.1) is 5.82 Å². The molecular weight excluding hydrogens is 305 g/mol. The van der Waals surface area contributed by atoms with Crippen LogP contribution in [-0.4, -0.2) is 21.9 Å². The van der Waals surface area contributed by atoms with E-state index < -0.39 is 0 Å². The van der Waals surface area contributed by atoms with Crippen molar-refractivity contribution < 1.29 is 9.18 Å². The molecule has 1 aromatic carbocycles. The zero-order valence-corrected chi connectivity index (χ0v) is 12.6. The van der Waals surface area contributed by atoms with Gasteiger partial charge < -0.3 is 5.32 Å². The predicted octanol–water partition coefficient (Wildman–Crippen LogP) is 2.87. The number of hydrogen-bond donors (Lipinski definition) is 1. The molecule has 0 saturated heterocycles. The summed E-state index contributed by atoms with van der Waals surface area (Å²) in [5.74, 6) is -0.409. The van der Waals surface area contributed by atoms with Gasteiger partial charge in [0.2, 0.25) is 5.91 Å². The van der Waals surface area contributed by atoms with E-state index in [1.165, 1.54) is 6.07 Å². The average Bonchev–Trinajstić information content (AvgIpc) is 3.25. The summed E-state index contributed by atoms with van der Waals surface area (Å²) in [4.78, 5) is 20.0. The molecule has 1 amide bonds. The highest BCUT2D eigenvalue weighted by Gasteiger charge is 2.42. The topological polar surface area (TPSA) is 54.9 Å². The number of aryl methyl sites for hydroxylation is 1. The minimum Gasteiger partial charge on any atom is -0.353 e. The van der Waals surface area contributed by atoms with E-state index in [1.54, 1.807) is 30.7 Å². The smallest absolute Gasteiger partial charge is 0.220 e. The van der Waals surface area contributed by atoms with Gasteiger partial charge >= 0.3 is 0 Å². The molecule has 1 N–H and O–H groups in total. The van der Waals surface area contributed by atoms with Gasteiger partial charge in [0.1, 0.15) is 5.82 Å². The highest BCUT2D eigenvalue weighted by Crippen LogP contribution is 2.44. The maximum atomic E-state index is 13.8. The second-order valence-corrected chi connectivity index (χ2v) is 5.76. The summed E-state index contributed by atoms with van der Waals surface area (Å²) in [6, 6.07) is 4.61. The highest BCUT2D eigenvalue weighted by molar-refractivity contribution is 6.31. The Morgan fingerprint density at radius 2 is 2.27 bits per heavy atom. The van der Waals surface area contributed by atoms with Gasteiger partial charge in [-0.15, -0.1) is 0 Å². The molecule has 0 unspecified atom stereocenters. The van der Waals surface area contributed by atoms with E-state index in [9.17, 15) is 9.18 Å². The van der Waals surface area contributed by atoms with E-state index in [0.717, 1.165) is 12.1 Å². The molecule has 1 fully saturated rings. The Hall–Kier alpha value is -2.01. The molecule has 1 aliphatic carbocycles. The van der Waals surface area contributed by atoms with Crippen LogP contribution in [0.15, 0.2) is 36.8 Å². The Balaban J connectivity index is 1.52. The Kier molecular flexibility index (Phi) is 4.34. The second kappa shape index (κ2) is 6.40. The molecule has 6 heteroatoms. The van der Waals surface area contributed by atoms with Crippen molar-refractivity contribution in [3.05, 3.63) is 58.9 Å². The monoisotopic (exact) mass is 319 g/mol. The van der Waals surface area contributed by atoms with E-state index in [1.807, 2.05) is 0 Å². The van der Waals surface area contributed by atoms with Gasteiger partial charge in [0.25, 0.3) is 0 Å². The molecule has 114 valence electrons. The number of aromatic nitrogens is 2. The maximum absolute atomic E-state index is 13.8. The standard InChI is InChI=1S/C16H15ClFN3O/c17-12-2-1-3-13(18)16(12)11-8-14(11)21-15(22)5-4-10-9-19-6-7-20-10/h1-3,6-7,9,11,14H,4-5,8H2,(H,21,22)/t11-,14-/m1/s1. The van der Waals surface area contributed by atoms with Crippen LogP contribution in [0.25, 0.3) is 0 Å². The van der Waals surface area contributed by atoms with Crippen LogP contribution in [0.4, 0.5) is 4.39 Å². The van der Waals surface area contributed by atoms with E-state index in [-0.39, 0.29) is 23.7 Å². The van der Waals surface area contributed by atoms with Crippen LogP contribution in [0.3, 0.4) is 0 Å². The Labute approximate surface area is 132 Å². The lowest BCUT2D eigenvalue weighted by atomic mass is 10.1.